The van der Waals surface area contributed by atoms with Gasteiger partial charge in [0, 0.05) is 6.07 Å². The molecule has 0 unspecified atom stereocenters. The molecule has 1 aromatic heterocycles. The van der Waals surface area contributed by atoms with Gasteiger partial charge in [-0.25, -0.2) is 9.97 Å². The first kappa shape index (κ1) is 12.6. The summed E-state index contributed by atoms with van der Waals surface area (Å²) in [6.45, 7) is 0.384. The van der Waals surface area contributed by atoms with Gasteiger partial charge in [0.15, 0.2) is 0 Å². The van der Waals surface area contributed by atoms with Crippen molar-refractivity contribution in [3.63, 3.8) is 0 Å². The molecule has 0 aliphatic rings. The zero-order valence-electron chi connectivity index (χ0n) is 9.01. The van der Waals surface area contributed by atoms with E-state index in [2.05, 4.69) is 15.3 Å². The van der Waals surface area contributed by atoms with E-state index < -0.39 is 25.4 Å². The van der Waals surface area contributed by atoms with E-state index in [0.29, 0.717) is 11.6 Å². The van der Waals surface area contributed by atoms with Gasteiger partial charge in [-0.1, -0.05) is 0 Å². The third-order valence-electron chi connectivity index (χ3n) is 2.16. The molecular formula is C9H16N4O3. The molecule has 0 spiro atoms. The van der Waals surface area contributed by atoms with Crippen LogP contribution in [0.1, 0.15) is 5.82 Å². The molecule has 0 aromatic carbocycles. The summed E-state index contributed by atoms with van der Waals surface area (Å²) in [4.78, 5) is 7.91. The molecular weight excluding hydrogens is 212 g/mol. The molecule has 0 amide bonds. The fourth-order valence-electron chi connectivity index (χ4n) is 1.20. The van der Waals surface area contributed by atoms with Crippen LogP contribution in [0.15, 0.2) is 6.07 Å². The molecule has 16 heavy (non-hydrogen) atoms. The van der Waals surface area contributed by atoms with Gasteiger partial charge in [0.25, 0.3) is 0 Å². The molecule has 0 aliphatic heterocycles. The zero-order valence-corrected chi connectivity index (χ0v) is 9.01. The number of rotatable bonds is 5. The number of nitrogens with one attached hydrogen (secondary N) is 1. The molecule has 0 saturated carbocycles. The van der Waals surface area contributed by atoms with E-state index in [0.717, 1.165) is 0 Å². The maximum absolute atomic E-state index is 9.12. The Balaban J connectivity index is 2.93. The average molecular weight is 228 g/mol. The van der Waals surface area contributed by atoms with Crippen molar-refractivity contribution in [2.75, 3.05) is 30.9 Å². The predicted molar refractivity (Wildman–Crippen MR) is 58.8 cm³/mol. The Bertz CT molecular complexity index is 326. The zero-order chi connectivity index (χ0) is 12.2. The SMILES string of the molecule is Cc1nc(N)cc(NC(CO)(CO)CO)n1. The van der Waals surface area contributed by atoms with E-state index in [-0.39, 0.29) is 5.82 Å². The van der Waals surface area contributed by atoms with Crippen LogP contribution in [0, 0.1) is 6.92 Å². The number of anilines is 2. The molecule has 7 heteroatoms. The first-order valence-electron chi connectivity index (χ1n) is 4.77. The van der Waals surface area contributed by atoms with E-state index >= 15 is 0 Å². The topological polar surface area (TPSA) is 125 Å². The van der Waals surface area contributed by atoms with E-state index in [1.54, 1.807) is 6.92 Å². The van der Waals surface area contributed by atoms with Crippen LogP contribution in [-0.4, -0.2) is 50.6 Å². The standard InChI is InChI=1S/C9H16N4O3/c1-6-11-7(10)2-8(12-6)13-9(3-14,4-15)5-16/h2,14-16H,3-5H2,1H3,(H3,10,11,12,13). The Kier molecular flexibility index (Phi) is 3.99. The van der Waals surface area contributed by atoms with Crippen LogP contribution in [0.25, 0.3) is 0 Å². The molecule has 0 fully saturated rings. The molecule has 1 rings (SSSR count). The molecule has 90 valence electrons. The highest BCUT2D eigenvalue weighted by Crippen LogP contribution is 2.14. The summed E-state index contributed by atoms with van der Waals surface area (Å²) in [5.41, 5.74) is 4.31. The second kappa shape index (κ2) is 5.06. The largest absolute Gasteiger partial charge is 0.394 e. The molecule has 0 saturated heterocycles. The normalized spacial score (nSPS) is 11.5. The minimum atomic E-state index is -1.22. The van der Waals surface area contributed by atoms with Crippen LogP contribution in [0.3, 0.4) is 0 Å². The van der Waals surface area contributed by atoms with Gasteiger partial charge in [0.2, 0.25) is 0 Å². The molecule has 0 atom stereocenters. The van der Waals surface area contributed by atoms with Crippen molar-refractivity contribution in [1.29, 1.82) is 0 Å². The van der Waals surface area contributed by atoms with Gasteiger partial charge in [0.1, 0.15) is 23.0 Å². The smallest absolute Gasteiger partial charge is 0.132 e. The van der Waals surface area contributed by atoms with Gasteiger partial charge < -0.3 is 26.4 Å². The number of aliphatic hydroxyl groups is 3. The lowest BCUT2D eigenvalue weighted by atomic mass is 10.0. The third-order valence-corrected chi connectivity index (χ3v) is 2.16. The second-order valence-corrected chi connectivity index (χ2v) is 3.60. The quantitative estimate of drug-likeness (QED) is 0.415. The molecule has 0 bridgehead atoms. The summed E-state index contributed by atoms with van der Waals surface area (Å²) in [6.07, 6.45) is 0. The van der Waals surface area contributed by atoms with Crippen molar-refractivity contribution < 1.29 is 15.3 Å². The number of hydrogen-bond donors (Lipinski definition) is 5. The molecule has 0 radical (unpaired) electrons. The van der Waals surface area contributed by atoms with Crippen molar-refractivity contribution in [2.45, 2.75) is 12.5 Å². The van der Waals surface area contributed by atoms with Crippen molar-refractivity contribution in [1.82, 2.24) is 9.97 Å². The molecule has 6 N–H and O–H groups in total. The summed E-state index contributed by atoms with van der Waals surface area (Å²) in [5, 5.41) is 30.1. The van der Waals surface area contributed by atoms with Gasteiger partial charge in [-0.2, -0.15) is 0 Å². The van der Waals surface area contributed by atoms with Crippen LogP contribution in [0.5, 0.6) is 0 Å². The molecule has 1 heterocycles. The maximum Gasteiger partial charge on any atom is 0.132 e. The minimum Gasteiger partial charge on any atom is -0.394 e. The van der Waals surface area contributed by atoms with Gasteiger partial charge in [-0.3, -0.25) is 0 Å². The summed E-state index contributed by atoms with van der Waals surface area (Å²) < 4.78 is 0. The van der Waals surface area contributed by atoms with Crippen molar-refractivity contribution in [3.8, 4) is 0 Å². The lowest BCUT2D eigenvalue weighted by Gasteiger charge is -2.29. The van der Waals surface area contributed by atoms with Crippen LogP contribution in [0.2, 0.25) is 0 Å². The van der Waals surface area contributed by atoms with Crippen molar-refractivity contribution >= 4 is 11.6 Å². The van der Waals surface area contributed by atoms with Gasteiger partial charge in [-0.05, 0) is 6.92 Å². The first-order chi connectivity index (χ1) is 7.55. The van der Waals surface area contributed by atoms with Crippen molar-refractivity contribution in [3.05, 3.63) is 11.9 Å². The average Bonchev–Trinajstić information content (AvgIpc) is 2.25. The highest BCUT2D eigenvalue weighted by molar-refractivity contribution is 5.46. The van der Waals surface area contributed by atoms with E-state index in [1.807, 2.05) is 0 Å². The molecule has 1 aromatic rings. The Morgan fingerprint density at radius 2 is 1.81 bits per heavy atom. The van der Waals surface area contributed by atoms with Crippen LogP contribution < -0.4 is 11.1 Å². The highest BCUT2D eigenvalue weighted by atomic mass is 16.3. The number of hydrogen-bond acceptors (Lipinski definition) is 7. The lowest BCUT2D eigenvalue weighted by molar-refractivity contribution is 0.0831. The lowest BCUT2D eigenvalue weighted by Crippen LogP contribution is -2.49. The summed E-state index contributed by atoms with van der Waals surface area (Å²) in [7, 11) is 0. The fourth-order valence-corrected chi connectivity index (χ4v) is 1.20. The Morgan fingerprint density at radius 1 is 1.25 bits per heavy atom. The highest BCUT2D eigenvalue weighted by Gasteiger charge is 2.28. The summed E-state index contributed by atoms with van der Waals surface area (Å²) in [6, 6.07) is 1.46. The monoisotopic (exact) mass is 228 g/mol. The Labute approximate surface area is 93.0 Å². The second-order valence-electron chi connectivity index (χ2n) is 3.60. The minimum absolute atomic E-state index is 0.276. The number of aryl methyl sites for hydroxylation is 1. The number of aromatic nitrogens is 2. The summed E-state index contributed by atoms with van der Waals surface area (Å²) in [5.74, 6) is 1.09. The Hall–Kier alpha value is -1.44. The number of nitrogens with two attached hydrogens (primary N) is 1. The Morgan fingerprint density at radius 3 is 2.25 bits per heavy atom. The number of nitrogens with zero attached hydrogens (tertiary/aromatic N) is 2. The number of aliphatic hydroxyl groups excluding tert-OH is 3. The molecule has 0 aliphatic carbocycles. The van der Waals surface area contributed by atoms with Crippen LogP contribution in [0.4, 0.5) is 11.6 Å². The van der Waals surface area contributed by atoms with Crippen LogP contribution >= 0.6 is 0 Å². The van der Waals surface area contributed by atoms with Crippen molar-refractivity contribution in [2.24, 2.45) is 0 Å². The van der Waals surface area contributed by atoms with Gasteiger partial charge in [-0.15, -0.1) is 0 Å². The fraction of sp³-hybridized carbons (Fsp3) is 0.556. The van der Waals surface area contributed by atoms with Gasteiger partial charge >= 0.3 is 0 Å². The predicted octanol–water partition coefficient (Wildman–Crippen LogP) is -1.51. The summed E-state index contributed by atoms with van der Waals surface area (Å²) >= 11 is 0. The van der Waals surface area contributed by atoms with E-state index in [4.69, 9.17) is 21.1 Å². The van der Waals surface area contributed by atoms with Crippen LogP contribution in [-0.2, 0) is 0 Å². The van der Waals surface area contributed by atoms with Gasteiger partial charge in [0.05, 0.1) is 19.8 Å². The molecule has 7 nitrogen and oxygen atoms in total. The van der Waals surface area contributed by atoms with E-state index in [9.17, 15) is 0 Å². The number of nitrogen functional groups attached to an aromatic ring is 1. The third kappa shape index (κ3) is 2.78. The maximum atomic E-state index is 9.12. The van der Waals surface area contributed by atoms with E-state index in [1.165, 1.54) is 6.07 Å². The first-order valence-corrected chi connectivity index (χ1v) is 4.77.